The molecule has 1 aliphatic rings. The Morgan fingerprint density at radius 2 is 1.79 bits per heavy atom. The molecular weight excluding hydrogens is 376 g/mol. The summed E-state index contributed by atoms with van der Waals surface area (Å²) >= 11 is 0. The molecule has 2 aromatic carbocycles. The number of methoxy groups -OCH3 is 1. The molecule has 0 spiro atoms. The molecule has 0 bridgehead atoms. The maximum Gasteiger partial charge on any atom is 0.413 e. The van der Waals surface area contributed by atoms with Crippen molar-refractivity contribution in [3.05, 3.63) is 58.1 Å². The maximum absolute atomic E-state index is 12.6. The van der Waals surface area contributed by atoms with Crippen LogP contribution in [0.5, 0.6) is 0 Å². The van der Waals surface area contributed by atoms with Crippen LogP contribution in [0.15, 0.2) is 42.5 Å². The molecule has 3 rings (SSSR count). The van der Waals surface area contributed by atoms with Gasteiger partial charge in [0.05, 0.1) is 12.0 Å². The number of hydrogen-bond donors (Lipinski definition) is 1. The van der Waals surface area contributed by atoms with Crippen molar-refractivity contribution >= 4 is 34.7 Å². The number of carbonyl (C=O) groups is 2. The zero-order chi connectivity index (χ0) is 21.0. The zero-order valence-corrected chi connectivity index (χ0v) is 16.3. The predicted molar refractivity (Wildman–Crippen MR) is 110 cm³/mol. The average molecular weight is 398 g/mol. The van der Waals surface area contributed by atoms with Crippen molar-refractivity contribution in [2.75, 3.05) is 42.4 Å². The molecule has 0 atom stereocenters. The van der Waals surface area contributed by atoms with Crippen LogP contribution < -0.4 is 15.1 Å². The lowest BCUT2D eigenvalue weighted by Gasteiger charge is -2.18. The molecule has 0 radical (unpaired) electrons. The van der Waals surface area contributed by atoms with Gasteiger partial charge in [-0.05, 0) is 49.2 Å². The molecule has 0 unspecified atom stereocenters. The molecule has 1 aliphatic heterocycles. The van der Waals surface area contributed by atoms with Gasteiger partial charge in [-0.25, -0.2) is 4.79 Å². The lowest BCUT2D eigenvalue weighted by atomic mass is 10.1. The molecule has 2 amide bonds. The highest BCUT2D eigenvalue weighted by Gasteiger charge is 2.24. The van der Waals surface area contributed by atoms with E-state index in [4.69, 9.17) is 0 Å². The van der Waals surface area contributed by atoms with Crippen molar-refractivity contribution in [2.24, 2.45) is 0 Å². The van der Waals surface area contributed by atoms with E-state index in [1.54, 1.807) is 43.4 Å². The van der Waals surface area contributed by atoms with Gasteiger partial charge in [0.25, 0.3) is 11.6 Å². The Hall–Kier alpha value is -3.62. The highest BCUT2D eigenvalue weighted by Crippen LogP contribution is 2.32. The number of nitro groups is 1. The van der Waals surface area contributed by atoms with Crippen LogP contribution in [0.1, 0.15) is 23.2 Å². The summed E-state index contributed by atoms with van der Waals surface area (Å²) in [6, 6.07) is 11.1. The van der Waals surface area contributed by atoms with Gasteiger partial charge in [0.2, 0.25) is 0 Å². The first-order chi connectivity index (χ1) is 13.9. The van der Waals surface area contributed by atoms with Gasteiger partial charge in [-0.1, -0.05) is 0 Å². The summed E-state index contributed by atoms with van der Waals surface area (Å²) in [4.78, 5) is 38.4. The lowest BCUT2D eigenvalue weighted by Crippen LogP contribution is -2.25. The monoisotopic (exact) mass is 398 g/mol. The smallest absolute Gasteiger partial charge is 0.413 e. The topological polar surface area (TPSA) is 105 Å². The van der Waals surface area contributed by atoms with E-state index in [1.807, 2.05) is 4.90 Å². The summed E-state index contributed by atoms with van der Waals surface area (Å²) in [6.07, 6.45) is 1.49. The minimum atomic E-state index is -0.507. The largest absolute Gasteiger partial charge is 0.452 e. The molecule has 0 aromatic heterocycles. The first-order valence-electron chi connectivity index (χ1n) is 9.17. The Kier molecular flexibility index (Phi) is 5.96. The average Bonchev–Trinajstić information content (AvgIpc) is 3.27. The number of ether oxygens (including phenoxy) is 1. The van der Waals surface area contributed by atoms with Gasteiger partial charge in [0.15, 0.2) is 0 Å². The van der Waals surface area contributed by atoms with Crippen LogP contribution in [0.4, 0.5) is 27.5 Å². The fraction of sp³-hybridized carbons (Fsp3) is 0.300. The van der Waals surface area contributed by atoms with Gasteiger partial charge in [-0.2, -0.15) is 0 Å². The highest BCUT2D eigenvalue weighted by atomic mass is 16.6. The normalized spacial score (nSPS) is 13.1. The summed E-state index contributed by atoms with van der Waals surface area (Å²) in [5.74, 6) is -0.449. The van der Waals surface area contributed by atoms with E-state index in [1.165, 1.54) is 18.1 Å². The predicted octanol–water partition coefficient (Wildman–Crippen LogP) is 3.65. The minimum absolute atomic E-state index is 0.0744. The van der Waals surface area contributed by atoms with Gasteiger partial charge < -0.3 is 15.0 Å². The van der Waals surface area contributed by atoms with E-state index in [0.29, 0.717) is 17.1 Å². The van der Waals surface area contributed by atoms with Crippen molar-refractivity contribution in [2.45, 2.75) is 12.8 Å². The fourth-order valence-corrected chi connectivity index (χ4v) is 3.25. The van der Waals surface area contributed by atoms with Crippen molar-refractivity contribution in [1.82, 2.24) is 0 Å². The van der Waals surface area contributed by atoms with Crippen LogP contribution in [0.25, 0.3) is 0 Å². The van der Waals surface area contributed by atoms with Crippen molar-refractivity contribution in [3.8, 4) is 0 Å². The first kappa shape index (κ1) is 20.1. The number of benzene rings is 2. The number of nitrogens with zero attached hydrogens (tertiary/aromatic N) is 3. The van der Waals surface area contributed by atoms with Gasteiger partial charge in [-0.3, -0.25) is 19.8 Å². The van der Waals surface area contributed by atoms with E-state index in [9.17, 15) is 19.7 Å². The third kappa shape index (κ3) is 4.45. The van der Waals surface area contributed by atoms with Crippen LogP contribution in [-0.2, 0) is 4.74 Å². The summed E-state index contributed by atoms with van der Waals surface area (Å²) < 4.78 is 4.65. The number of rotatable bonds is 5. The van der Waals surface area contributed by atoms with Crippen LogP contribution in [0, 0.1) is 10.1 Å². The van der Waals surface area contributed by atoms with E-state index in [0.717, 1.165) is 25.9 Å². The van der Waals surface area contributed by atoms with Crippen LogP contribution in [0.2, 0.25) is 0 Å². The van der Waals surface area contributed by atoms with Crippen molar-refractivity contribution in [3.63, 3.8) is 0 Å². The first-order valence-corrected chi connectivity index (χ1v) is 9.17. The minimum Gasteiger partial charge on any atom is -0.452 e. The second-order valence-corrected chi connectivity index (χ2v) is 6.68. The van der Waals surface area contributed by atoms with Crippen LogP contribution in [0.3, 0.4) is 0 Å². The van der Waals surface area contributed by atoms with Gasteiger partial charge in [-0.15, -0.1) is 0 Å². The Labute approximate surface area is 168 Å². The molecule has 9 heteroatoms. The van der Waals surface area contributed by atoms with E-state index < -0.39 is 16.9 Å². The van der Waals surface area contributed by atoms with Crippen LogP contribution >= 0.6 is 0 Å². The molecule has 2 aromatic rings. The van der Waals surface area contributed by atoms with E-state index >= 15 is 0 Å². The molecule has 29 heavy (non-hydrogen) atoms. The van der Waals surface area contributed by atoms with Crippen molar-refractivity contribution in [1.29, 1.82) is 0 Å². The second kappa shape index (κ2) is 8.59. The molecule has 0 saturated carbocycles. The molecule has 1 N–H and O–H groups in total. The summed E-state index contributed by atoms with van der Waals surface area (Å²) in [5, 5.41) is 14.2. The Morgan fingerprint density at radius 3 is 2.38 bits per heavy atom. The molecular formula is C20H22N4O5. The molecule has 0 aliphatic carbocycles. The maximum atomic E-state index is 12.6. The number of carbonyl (C=O) groups excluding carboxylic acids is 2. The molecule has 1 saturated heterocycles. The third-order valence-electron chi connectivity index (χ3n) is 4.84. The number of amides is 2. The highest BCUT2D eigenvalue weighted by molar-refractivity contribution is 6.05. The second-order valence-electron chi connectivity index (χ2n) is 6.68. The van der Waals surface area contributed by atoms with E-state index in [2.05, 4.69) is 10.1 Å². The van der Waals surface area contributed by atoms with Gasteiger partial charge >= 0.3 is 6.09 Å². The summed E-state index contributed by atoms with van der Waals surface area (Å²) in [7, 11) is 2.86. The Bertz CT molecular complexity index is 923. The van der Waals surface area contributed by atoms with Gasteiger partial charge in [0.1, 0.15) is 5.69 Å². The number of nitrogens with one attached hydrogen (secondary N) is 1. The molecule has 1 heterocycles. The summed E-state index contributed by atoms with van der Waals surface area (Å²) in [6.45, 7) is 1.55. The fourth-order valence-electron chi connectivity index (χ4n) is 3.25. The van der Waals surface area contributed by atoms with Gasteiger partial charge in [0, 0.05) is 43.1 Å². The molecule has 1 fully saturated rings. The molecule has 9 nitrogen and oxygen atoms in total. The van der Waals surface area contributed by atoms with Crippen LogP contribution in [-0.4, -0.2) is 44.2 Å². The zero-order valence-electron chi connectivity index (χ0n) is 16.3. The Morgan fingerprint density at radius 1 is 1.14 bits per heavy atom. The third-order valence-corrected chi connectivity index (χ3v) is 4.84. The summed E-state index contributed by atoms with van der Waals surface area (Å²) in [5.41, 5.74) is 1.77. The quantitative estimate of drug-likeness (QED) is 0.609. The number of anilines is 3. The van der Waals surface area contributed by atoms with E-state index in [-0.39, 0.29) is 11.3 Å². The molecule has 152 valence electrons. The van der Waals surface area contributed by atoms with Crippen molar-refractivity contribution < 1.29 is 19.2 Å². The number of hydrogen-bond acceptors (Lipinski definition) is 6. The lowest BCUT2D eigenvalue weighted by molar-refractivity contribution is -0.384. The SMILES string of the molecule is COC(=O)N(C)c1ccc(NC(=O)c2ccc(N3CCCC3)c([N+](=O)[O-])c2)cc1. The standard InChI is InChI=1S/C20H22N4O5/c1-22(20(26)29-2)16-8-6-15(7-9-16)21-19(25)14-5-10-17(18(13-14)24(27)28)23-11-3-4-12-23/h5-10,13H,3-4,11-12H2,1-2H3,(H,21,25). The Balaban J connectivity index is 1.76. The number of nitro benzene ring substituents is 1.